The Morgan fingerprint density at radius 3 is 2.57 bits per heavy atom. The van der Waals surface area contributed by atoms with Crippen molar-refractivity contribution >= 4 is 29.4 Å². The van der Waals surface area contributed by atoms with Gasteiger partial charge in [0, 0.05) is 25.8 Å². The smallest absolute Gasteiger partial charge is 0.407 e. The minimum Gasteiger partial charge on any atom is -0.465 e. The number of hydrogen-bond donors (Lipinski definition) is 3. The summed E-state index contributed by atoms with van der Waals surface area (Å²) >= 11 is 5.74. The van der Waals surface area contributed by atoms with Crippen molar-refractivity contribution in [1.82, 2.24) is 9.88 Å². The van der Waals surface area contributed by atoms with Crippen LogP contribution in [0.1, 0.15) is 12.8 Å². The molecule has 0 bridgehead atoms. The molecule has 0 atom stereocenters. The highest BCUT2D eigenvalue weighted by molar-refractivity contribution is 6.30. The number of halogens is 1. The fourth-order valence-electron chi connectivity index (χ4n) is 2.35. The number of nitrogens with two attached hydrogens (primary N) is 1. The van der Waals surface area contributed by atoms with E-state index in [1.54, 1.807) is 12.1 Å². The van der Waals surface area contributed by atoms with E-state index >= 15 is 0 Å². The van der Waals surface area contributed by atoms with Crippen LogP contribution in [0.5, 0.6) is 0 Å². The van der Waals surface area contributed by atoms with Gasteiger partial charge in [0.2, 0.25) is 5.91 Å². The topological polar surface area (TPSA) is 109 Å². The van der Waals surface area contributed by atoms with Gasteiger partial charge in [-0.25, -0.2) is 9.78 Å². The van der Waals surface area contributed by atoms with Crippen LogP contribution in [-0.2, 0) is 4.79 Å². The Morgan fingerprint density at radius 2 is 2.10 bits per heavy atom. The molecule has 1 aromatic rings. The monoisotopic (exact) mass is 312 g/mol. The first-order valence-electron chi connectivity index (χ1n) is 6.58. The van der Waals surface area contributed by atoms with Crippen molar-refractivity contribution in [1.29, 1.82) is 0 Å². The number of piperidine rings is 1. The number of anilines is 1. The summed E-state index contributed by atoms with van der Waals surface area (Å²) < 4.78 is 0. The number of carboxylic acid groups (broad SMARTS) is 1. The van der Waals surface area contributed by atoms with E-state index in [1.807, 2.05) is 0 Å². The number of pyridine rings is 1. The Balaban J connectivity index is 2.05. The van der Waals surface area contributed by atoms with Crippen molar-refractivity contribution < 1.29 is 14.7 Å². The van der Waals surface area contributed by atoms with Crippen LogP contribution >= 0.6 is 11.6 Å². The molecule has 1 aromatic heterocycles. The largest absolute Gasteiger partial charge is 0.465 e. The van der Waals surface area contributed by atoms with Crippen LogP contribution in [0, 0.1) is 5.41 Å². The lowest BCUT2D eigenvalue weighted by molar-refractivity contribution is -0.127. The quantitative estimate of drug-likeness (QED) is 0.781. The SMILES string of the molecule is NCC1(C(=O)Nc2ccc(Cl)cn2)CCN(C(=O)O)CC1. The van der Waals surface area contributed by atoms with Crippen molar-refractivity contribution in [2.45, 2.75) is 12.8 Å². The first kappa shape index (κ1) is 15.5. The van der Waals surface area contributed by atoms with Crippen LogP contribution in [0.2, 0.25) is 5.02 Å². The Morgan fingerprint density at radius 1 is 1.43 bits per heavy atom. The summed E-state index contributed by atoms with van der Waals surface area (Å²) in [5, 5.41) is 12.2. The van der Waals surface area contributed by atoms with E-state index < -0.39 is 11.5 Å². The van der Waals surface area contributed by atoms with E-state index in [9.17, 15) is 9.59 Å². The molecule has 4 N–H and O–H groups in total. The van der Waals surface area contributed by atoms with Crippen molar-refractivity contribution in [3.63, 3.8) is 0 Å². The number of carbonyl (C=O) groups excluding carboxylic acids is 1. The molecule has 0 unspecified atom stereocenters. The third-order valence-electron chi connectivity index (χ3n) is 3.83. The molecule has 7 nitrogen and oxygen atoms in total. The van der Waals surface area contributed by atoms with Gasteiger partial charge < -0.3 is 21.1 Å². The molecule has 1 fully saturated rings. The molecule has 2 amide bonds. The molecule has 2 rings (SSSR count). The molecule has 0 aliphatic carbocycles. The van der Waals surface area contributed by atoms with Gasteiger partial charge in [-0.1, -0.05) is 11.6 Å². The molecule has 0 saturated carbocycles. The normalized spacial score (nSPS) is 17.3. The second kappa shape index (κ2) is 6.28. The lowest BCUT2D eigenvalue weighted by Gasteiger charge is -2.38. The van der Waals surface area contributed by atoms with Crippen LogP contribution in [0.3, 0.4) is 0 Å². The Bertz CT molecular complexity index is 527. The number of likely N-dealkylation sites (tertiary alicyclic amines) is 1. The van der Waals surface area contributed by atoms with E-state index in [1.165, 1.54) is 11.1 Å². The Labute approximate surface area is 127 Å². The van der Waals surface area contributed by atoms with Crippen molar-refractivity contribution in [2.24, 2.45) is 11.1 Å². The lowest BCUT2D eigenvalue weighted by Crippen LogP contribution is -2.51. The number of carbonyl (C=O) groups is 2. The van der Waals surface area contributed by atoms with Crippen LogP contribution < -0.4 is 11.1 Å². The molecule has 0 aromatic carbocycles. The van der Waals surface area contributed by atoms with Gasteiger partial charge in [-0.2, -0.15) is 0 Å². The molecule has 0 radical (unpaired) electrons. The molecular formula is C13H17ClN4O3. The number of nitrogens with one attached hydrogen (secondary N) is 1. The molecule has 8 heteroatoms. The maximum Gasteiger partial charge on any atom is 0.407 e. The highest BCUT2D eigenvalue weighted by atomic mass is 35.5. The molecule has 0 spiro atoms. The van der Waals surface area contributed by atoms with Gasteiger partial charge in [0.25, 0.3) is 0 Å². The van der Waals surface area contributed by atoms with Crippen molar-refractivity contribution in [2.75, 3.05) is 25.0 Å². The molecule has 1 saturated heterocycles. The molecule has 114 valence electrons. The van der Waals surface area contributed by atoms with Gasteiger partial charge >= 0.3 is 6.09 Å². The number of aromatic nitrogens is 1. The van der Waals surface area contributed by atoms with E-state index in [-0.39, 0.29) is 12.5 Å². The predicted molar refractivity (Wildman–Crippen MR) is 78.2 cm³/mol. The highest BCUT2D eigenvalue weighted by Crippen LogP contribution is 2.32. The van der Waals surface area contributed by atoms with Crippen LogP contribution in [-0.4, -0.2) is 46.6 Å². The number of nitrogens with zero attached hydrogens (tertiary/aromatic N) is 2. The number of amides is 2. The fraction of sp³-hybridized carbons (Fsp3) is 0.462. The Kier molecular flexibility index (Phi) is 4.64. The average molecular weight is 313 g/mol. The minimum atomic E-state index is -0.972. The third kappa shape index (κ3) is 3.43. The van der Waals surface area contributed by atoms with Crippen LogP contribution in [0.25, 0.3) is 0 Å². The summed E-state index contributed by atoms with van der Waals surface area (Å²) in [6, 6.07) is 3.24. The minimum absolute atomic E-state index is 0.167. The average Bonchev–Trinajstić information content (AvgIpc) is 2.49. The molecule has 1 aliphatic rings. The maximum absolute atomic E-state index is 12.5. The number of hydrogen-bond acceptors (Lipinski definition) is 4. The van der Waals surface area contributed by atoms with Gasteiger partial charge in [0.1, 0.15) is 5.82 Å². The van der Waals surface area contributed by atoms with E-state index in [2.05, 4.69) is 10.3 Å². The number of rotatable bonds is 3. The Hall–Kier alpha value is -1.86. The van der Waals surface area contributed by atoms with E-state index in [4.69, 9.17) is 22.4 Å². The molecule has 2 heterocycles. The van der Waals surface area contributed by atoms with Gasteiger partial charge in [-0.15, -0.1) is 0 Å². The van der Waals surface area contributed by atoms with Gasteiger partial charge in [0.15, 0.2) is 0 Å². The summed E-state index contributed by atoms with van der Waals surface area (Å²) in [4.78, 5) is 28.7. The zero-order valence-electron chi connectivity index (χ0n) is 11.4. The molecular weight excluding hydrogens is 296 g/mol. The second-order valence-electron chi connectivity index (χ2n) is 5.07. The summed E-state index contributed by atoms with van der Waals surface area (Å²) in [5.41, 5.74) is 5.01. The zero-order valence-corrected chi connectivity index (χ0v) is 12.1. The van der Waals surface area contributed by atoms with Crippen LogP contribution in [0.4, 0.5) is 10.6 Å². The van der Waals surface area contributed by atoms with Gasteiger partial charge in [-0.3, -0.25) is 4.79 Å². The lowest BCUT2D eigenvalue weighted by atomic mass is 9.77. The third-order valence-corrected chi connectivity index (χ3v) is 4.06. The fourth-order valence-corrected chi connectivity index (χ4v) is 2.46. The summed E-state index contributed by atoms with van der Waals surface area (Å²) in [6.45, 7) is 0.766. The predicted octanol–water partition coefficient (Wildman–Crippen LogP) is 1.39. The standard InChI is InChI=1S/C13H17ClN4O3/c14-9-1-2-10(16-7-9)17-11(19)13(8-15)3-5-18(6-4-13)12(20)21/h1-2,7H,3-6,8,15H2,(H,20,21)(H,16,17,19). The first-order valence-corrected chi connectivity index (χ1v) is 6.95. The van der Waals surface area contributed by atoms with E-state index in [0.717, 1.165) is 0 Å². The van der Waals surface area contributed by atoms with Crippen molar-refractivity contribution in [3.8, 4) is 0 Å². The highest BCUT2D eigenvalue weighted by Gasteiger charge is 2.41. The zero-order chi connectivity index (χ0) is 15.5. The van der Waals surface area contributed by atoms with Gasteiger partial charge in [0.05, 0.1) is 10.4 Å². The maximum atomic E-state index is 12.5. The van der Waals surface area contributed by atoms with Crippen LogP contribution in [0.15, 0.2) is 18.3 Å². The molecule has 1 aliphatic heterocycles. The van der Waals surface area contributed by atoms with E-state index in [0.29, 0.717) is 36.8 Å². The first-order chi connectivity index (χ1) is 9.97. The van der Waals surface area contributed by atoms with Gasteiger partial charge in [-0.05, 0) is 25.0 Å². The summed E-state index contributed by atoms with van der Waals surface area (Å²) in [7, 11) is 0. The summed E-state index contributed by atoms with van der Waals surface area (Å²) in [6.07, 6.45) is 1.27. The summed E-state index contributed by atoms with van der Waals surface area (Å²) in [5.74, 6) is 0.169. The molecule has 21 heavy (non-hydrogen) atoms. The second-order valence-corrected chi connectivity index (χ2v) is 5.51. The van der Waals surface area contributed by atoms with Crippen molar-refractivity contribution in [3.05, 3.63) is 23.4 Å².